The topological polar surface area (TPSA) is 70.6 Å². The van der Waals surface area contributed by atoms with E-state index < -0.39 is 0 Å². The Morgan fingerprint density at radius 2 is 2.04 bits per heavy atom. The molecule has 7 heteroatoms. The molecular formula is C18H27N5OS. The fourth-order valence-corrected chi connectivity index (χ4v) is 2.91. The molecule has 0 radical (unpaired) electrons. The second-order valence-electron chi connectivity index (χ2n) is 5.53. The van der Waals surface area contributed by atoms with Crippen LogP contribution in [-0.2, 0) is 17.8 Å². The van der Waals surface area contributed by atoms with E-state index >= 15 is 0 Å². The van der Waals surface area contributed by atoms with Crippen molar-refractivity contribution in [3.63, 3.8) is 0 Å². The van der Waals surface area contributed by atoms with E-state index in [1.165, 1.54) is 10.4 Å². The van der Waals surface area contributed by atoms with Gasteiger partial charge >= 0.3 is 0 Å². The van der Waals surface area contributed by atoms with Crippen LogP contribution in [0.3, 0.4) is 0 Å². The lowest BCUT2D eigenvalue weighted by Crippen LogP contribution is -2.36. The number of anilines is 1. The number of nitrogens with one attached hydrogen (secondary N) is 3. The zero-order valence-corrected chi connectivity index (χ0v) is 15.9. The molecule has 136 valence electrons. The summed E-state index contributed by atoms with van der Waals surface area (Å²) in [5, 5.41) is 11.0. The van der Waals surface area contributed by atoms with Crippen LogP contribution in [0.15, 0.2) is 35.5 Å². The highest BCUT2D eigenvalue weighted by atomic mass is 32.1. The first-order valence-corrected chi connectivity index (χ1v) is 9.28. The van der Waals surface area contributed by atoms with E-state index in [0.717, 1.165) is 29.7 Å². The minimum atomic E-state index is 0.630. The first-order valence-electron chi connectivity index (χ1n) is 8.46. The second-order valence-corrected chi connectivity index (χ2v) is 6.85. The molecule has 0 atom stereocenters. The number of benzene rings is 1. The number of rotatable bonds is 9. The highest BCUT2D eigenvalue weighted by Gasteiger charge is 2.02. The maximum Gasteiger partial charge on any atom is 0.191 e. The van der Waals surface area contributed by atoms with Crippen LogP contribution in [0.5, 0.6) is 0 Å². The molecule has 0 amide bonds. The Bertz CT molecular complexity index is 654. The highest BCUT2D eigenvalue weighted by Crippen LogP contribution is 2.11. The molecular weight excluding hydrogens is 334 g/mol. The predicted molar refractivity (Wildman–Crippen MR) is 105 cm³/mol. The summed E-state index contributed by atoms with van der Waals surface area (Å²) in [5.74, 6) is 0.803. The van der Waals surface area contributed by atoms with Gasteiger partial charge in [0.1, 0.15) is 5.01 Å². The number of aryl methyl sites for hydroxylation is 1. The molecule has 25 heavy (non-hydrogen) atoms. The fourth-order valence-electron chi connectivity index (χ4n) is 2.18. The van der Waals surface area contributed by atoms with Gasteiger partial charge in [-0.05, 0) is 31.5 Å². The largest absolute Gasteiger partial charge is 0.383 e. The molecule has 1 heterocycles. The summed E-state index contributed by atoms with van der Waals surface area (Å²) in [7, 11) is 1.70. The van der Waals surface area contributed by atoms with E-state index in [4.69, 9.17) is 4.74 Å². The number of aliphatic imine (C=N–C) groups is 1. The van der Waals surface area contributed by atoms with Gasteiger partial charge in [-0.2, -0.15) is 0 Å². The van der Waals surface area contributed by atoms with Crippen molar-refractivity contribution in [2.24, 2.45) is 4.99 Å². The molecule has 0 saturated heterocycles. The lowest BCUT2D eigenvalue weighted by atomic mass is 10.2. The van der Waals surface area contributed by atoms with Crippen LogP contribution in [0.4, 0.5) is 5.69 Å². The van der Waals surface area contributed by atoms with E-state index in [1.807, 2.05) is 6.20 Å². The summed E-state index contributed by atoms with van der Waals surface area (Å²) >= 11 is 1.70. The molecule has 6 nitrogen and oxygen atoms in total. The smallest absolute Gasteiger partial charge is 0.191 e. The Hall–Kier alpha value is -2.12. The molecule has 1 aromatic heterocycles. The molecule has 0 bridgehead atoms. The van der Waals surface area contributed by atoms with Gasteiger partial charge in [0.2, 0.25) is 0 Å². The van der Waals surface area contributed by atoms with Gasteiger partial charge in [-0.15, -0.1) is 11.3 Å². The number of nitrogens with zero attached hydrogens (tertiary/aromatic N) is 2. The van der Waals surface area contributed by atoms with Crippen LogP contribution in [0, 0.1) is 6.92 Å². The van der Waals surface area contributed by atoms with Crippen LogP contribution in [0.25, 0.3) is 0 Å². The molecule has 0 fully saturated rings. The quantitative estimate of drug-likeness (QED) is 0.364. The number of methoxy groups -OCH3 is 1. The van der Waals surface area contributed by atoms with E-state index in [1.54, 1.807) is 18.4 Å². The summed E-state index contributed by atoms with van der Waals surface area (Å²) in [6.07, 6.45) is 1.90. The average Bonchev–Trinajstić information content (AvgIpc) is 3.04. The minimum Gasteiger partial charge on any atom is -0.383 e. The van der Waals surface area contributed by atoms with Crippen molar-refractivity contribution in [1.29, 1.82) is 0 Å². The highest BCUT2D eigenvalue weighted by molar-refractivity contribution is 7.11. The lowest BCUT2D eigenvalue weighted by Gasteiger charge is -2.10. The van der Waals surface area contributed by atoms with Gasteiger partial charge in [-0.25, -0.2) is 9.98 Å². The van der Waals surface area contributed by atoms with Crippen LogP contribution in [0.1, 0.15) is 22.4 Å². The Kier molecular flexibility index (Phi) is 8.21. The van der Waals surface area contributed by atoms with Crippen LogP contribution in [-0.4, -0.2) is 37.7 Å². The third-order valence-electron chi connectivity index (χ3n) is 3.43. The molecule has 0 spiro atoms. The van der Waals surface area contributed by atoms with Gasteiger partial charge < -0.3 is 20.7 Å². The average molecular weight is 362 g/mol. The normalized spacial score (nSPS) is 11.4. The summed E-state index contributed by atoms with van der Waals surface area (Å²) < 4.78 is 5.03. The van der Waals surface area contributed by atoms with E-state index in [9.17, 15) is 0 Å². The Labute approximate surface area is 153 Å². The van der Waals surface area contributed by atoms with Gasteiger partial charge in [0, 0.05) is 37.0 Å². The van der Waals surface area contributed by atoms with Crippen molar-refractivity contribution in [3.8, 4) is 0 Å². The summed E-state index contributed by atoms with van der Waals surface area (Å²) in [5.41, 5.74) is 2.26. The number of hydrogen-bond acceptors (Lipinski definition) is 5. The van der Waals surface area contributed by atoms with E-state index in [-0.39, 0.29) is 0 Å². The third-order valence-corrected chi connectivity index (χ3v) is 4.34. The van der Waals surface area contributed by atoms with Crippen molar-refractivity contribution in [3.05, 3.63) is 45.9 Å². The summed E-state index contributed by atoms with van der Waals surface area (Å²) in [4.78, 5) is 10.2. The number of guanidine groups is 1. The molecule has 2 aromatic rings. The molecule has 0 aliphatic carbocycles. The number of aromatic nitrogens is 1. The monoisotopic (exact) mass is 361 g/mol. The van der Waals surface area contributed by atoms with Crippen molar-refractivity contribution >= 4 is 23.0 Å². The molecule has 3 N–H and O–H groups in total. The molecule has 0 aliphatic heterocycles. The number of thiazole rings is 1. The van der Waals surface area contributed by atoms with Crippen LogP contribution >= 0.6 is 11.3 Å². The summed E-state index contributed by atoms with van der Waals surface area (Å²) in [6.45, 7) is 7.77. The van der Waals surface area contributed by atoms with Crippen LogP contribution in [0.2, 0.25) is 0 Å². The Balaban J connectivity index is 1.86. The number of ether oxygens (including phenoxy) is 1. The van der Waals surface area contributed by atoms with Gasteiger partial charge in [-0.3, -0.25) is 0 Å². The molecule has 2 rings (SSSR count). The van der Waals surface area contributed by atoms with Gasteiger partial charge in [0.25, 0.3) is 0 Å². The van der Waals surface area contributed by atoms with Crippen LogP contribution < -0.4 is 16.0 Å². The number of hydrogen-bond donors (Lipinski definition) is 3. The van der Waals surface area contributed by atoms with Crippen molar-refractivity contribution < 1.29 is 4.74 Å². The zero-order chi connectivity index (χ0) is 17.9. The first kappa shape index (κ1) is 19.2. The lowest BCUT2D eigenvalue weighted by molar-refractivity contribution is 0.211. The third kappa shape index (κ3) is 7.11. The summed E-state index contributed by atoms with van der Waals surface area (Å²) in [6, 6.07) is 8.32. The maximum atomic E-state index is 5.03. The van der Waals surface area contributed by atoms with Crippen molar-refractivity contribution in [1.82, 2.24) is 15.6 Å². The van der Waals surface area contributed by atoms with Crippen molar-refractivity contribution in [2.75, 3.05) is 32.1 Å². The van der Waals surface area contributed by atoms with Gasteiger partial charge in [0.05, 0.1) is 19.7 Å². The molecule has 1 aromatic carbocycles. The predicted octanol–water partition coefficient (Wildman–Crippen LogP) is 2.77. The first-order chi connectivity index (χ1) is 12.2. The van der Waals surface area contributed by atoms with Crippen molar-refractivity contribution in [2.45, 2.75) is 26.9 Å². The SMILES string of the molecule is CCNC(=NCc1ccc(NCCOC)cc1)NCc1ncc(C)s1. The molecule has 0 aliphatic rings. The van der Waals surface area contributed by atoms with E-state index in [2.05, 4.69) is 64.0 Å². The fraction of sp³-hybridized carbons (Fsp3) is 0.444. The molecule has 0 unspecified atom stereocenters. The molecule has 0 saturated carbocycles. The Morgan fingerprint density at radius 1 is 1.24 bits per heavy atom. The maximum absolute atomic E-state index is 5.03. The second kappa shape index (κ2) is 10.7. The van der Waals surface area contributed by atoms with Gasteiger partial charge in [0.15, 0.2) is 5.96 Å². The Morgan fingerprint density at radius 3 is 2.68 bits per heavy atom. The zero-order valence-electron chi connectivity index (χ0n) is 15.1. The minimum absolute atomic E-state index is 0.630. The van der Waals surface area contributed by atoms with E-state index in [0.29, 0.717) is 19.7 Å². The standard InChI is InChI=1S/C18H27N5OS/c1-4-19-18(23-13-17-21-11-14(2)25-17)22-12-15-5-7-16(8-6-15)20-9-10-24-3/h5-8,11,20H,4,9-10,12-13H2,1-3H3,(H2,19,22,23). The van der Waals surface area contributed by atoms with Gasteiger partial charge in [-0.1, -0.05) is 12.1 Å².